The van der Waals surface area contributed by atoms with Gasteiger partial charge >= 0.3 is 0 Å². The zero-order valence-electron chi connectivity index (χ0n) is 11.1. The predicted molar refractivity (Wildman–Crippen MR) is 80.0 cm³/mol. The molecule has 0 aromatic heterocycles. The Balaban J connectivity index is 2.08. The monoisotopic (exact) mass is 291 g/mol. The summed E-state index contributed by atoms with van der Waals surface area (Å²) >= 11 is 5.66. The molecule has 0 aliphatic rings. The Morgan fingerprint density at radius 3 is 2.50 bits per heavy atom. The standard InChI is InChI=1S/C16H15ClFNO/c1-11-2-5-13(10-15(11)18)16(20)19-14-6-3-12(4-7-14)8-9-17/h2-7,10H,8-9H2,1H3,(H,19,20). The molecule has 0 saturated carbocycles. The van der Waals surface area contributed by atoms with Crippen LogP contribution in [0.25, 0.3) is 0 Å². The highest BCUT2D eigenvalue weighted by atomic mass is 35.5. The fourth-order valence-corrected chi connectivity index (χ4v) is 2.02. The molecule has 20 heavy (non-hydrogen) atoms. The van der Waals surface area contributed by atoms with Gasteiger partial charge in [0, 0.05) is 17.1 Å². The summed E-state index contributed by atoms with van der Waals surface area (Å²) in [6.07, 6.45) is 0.791. The van der Waals surface area contributed by atoms with E-state index in [2.05, 4.69) is 5.32 Å². The van der Waals surface area contributed by atoms with Crippen molar-refractivity contribution in [3.63, 3.8) is 0 Å². The zero-order valence-corrected chi connectivity index (χ0v) is 11.9. The van der Waals surface area contributed by atoms with Crippen molar-refractivity contribution < 1.29 is 9.18 Å². The third kappa shape index (κ3) is 3.58. The smallest absolute Gasteiger partial charge is 0.255 e. The van der Waals surface area contributed by atoms with Crippen LogP contribution in [-0.4, -0.2) is 11.8 Å². The molecular weight excluding hydrogens is 277 g/mol. The van der Waals surface area contributed by atoms with Crippen molar-refractivity contribution in [2.45, 2.75) is 13.3 Å². The second kappa shape index (κ2) is 6.53. The fourth-order valence-electron chi connectivity index (χ4n) is 1.80. The number of benzene rings is 2. The Hall–Kier alpha value is -1.87. The van der Waals surface area contributed by atoms with Gasteiger partial charge in [0.15, 0.2) is 0 Å². The van der Waals surface area contributed by atoms with Gasteiger partial charge in [-0.2, -0.15) is 0 Å². The number of carbonyl (C=O) groups excluding carboxylic acids is 1. The van der Waals surface area contributed by atoms with Crippen LogP contribution >= 0.6 is 11.6 Å². The molecule has 4 heteroatoms. The van der Waals surface area contributed by atoms with Gasteiger partial charge in [0.2, 0.25) is 0 Å². The minimum Gasteiger partial charge on any atom is -0.322 e. The third-order valence-electron chi connectivity index (χ3n) is 3.03. The quantitative estimate of drug-likeness (QED) is 0.842. The van der Waals surface area contributed by atoms with Gasteiger partial charge in [0.05, 0.1) is 0 Å². The lowest BCUT2D eigenvalue weighted by Crippen LogP contribution is -2.12. The number of rotatable bonds is 4. The first-order valence-electron chi connectivity index (χ1n) is 6.32. The van der Waals surface area contributed by atoms with Crippen molar-refractivity contribution >= 4 is 23.2 Å². The number of amides is 1. The molecule has 2 aromatic rings. The molecule has 0 aliphatic heterocycles. The first-order chi connectivity index (χ1) is 9.60. The molecule has 0 heterocycles. The normalized spacial score (nSPS) is 10.3. The van der Waals surface area contributed by atoms with E-state index in [0.29, 0.717) is 22.7 Å². The van der Waals surface area contributed by atoms with E-state index in [1.165, 1.54) is 6.07 Å². The molecular formula is C16H15ClFNO. The van der Waals surface area contributed by atoms with Gasteiger partial charge < -0.3 is 5.32 Å². The van der Waals surface area contributed by atoms with Crippen molar-refractivity contribution in [2.24, 2.45) is 0 Å². The zero-order chi connectivity index (χ0) is 14.5. The molecule has 1 amide bonds. The third-order valence-corrected chi connectivity index (χ3v) is 3.22. The highest BCUT2D eigenvalue weighted by molar-refractivity contribution is 6.18. The number of aryl methyl sites for hydroxylation is 2. The molecule has 0 fully saturated rings. The molecule has 0 saturated heterocycles. The average Bonchev–Trinajstić information content (AvgIpc) is 2.44. The number of hydrogen-bond acceptors (Lipinski definition) is 1. The van der Waals surface area contributed by atoms with Crippen LogP contribution in [0, 0.1) is 12.7 Å². The maximum absolute atomic E-state index is 13.4. The number of anilines is 1. The van der Waals surface area contributed by atoms with Crippen LogP contribution in [0.2, 0.25) is 0 Å². The molecule has 0 aliphatic carbocycles. The van der Waals surface area contributed by atoms with E-state index in [9.17, 15) is 9.18 Å². The lowest BCUT2D eigenvalue weighted by Gasteiger charge is -2.07. The van der Waals surface area contributed by atoms with E-state index in [0.717, 1.165) is 12.0 Å². The number of hydrogen-bond donors (Lipinski definition) is 1. The Kier molecular flexibility index (Phi) is 4.74. The summed E-state index contributed by atoms with van der Waals surface area (Å²) in [6, 6.07) is 11.9. The molecule has 104 valence electrons. The minimum atomic E-state index is -0.380. The van der Waals surface area contributed by atoms with Crippen LogP contribution in [0.3, 0.4) is 0 Å². The van der Waals surface area contributed by atoms with E-state index >= 15 is 0 Å². The Morgan fingerprint density at radius 2 is 1.90 bits per heavy atom. The van der Waals surface area contributed by atoms with E-state index in [1.807, 2.05) is 24.3 Å². The maximum Gasteiger partial charge on any atom is 0.255 e. The average molecular weight is 292 g/mol. The van der Waals surface area contributed by atoms with Crippen LogP contribution in [0.4, 0.5) is 10.1 Å². The van der Waals surface area contributed by atoms with Gasteiger partial charge in [0.1, 0.15) is 5.82 Å². The molecule has 1 N–H and O–H groups in total. The van der Waals surface area contributed by atoms with Crippen LogP contribution in [-0.2, 0) is 6.42 Å². The topological polar surface area (TPSA) is 29.1 Å². The summed E-state index contributed by atoms with van der Waals surface area (Å²) in [7, 11) is 0. The summed E-state index contributed by atoms with van der Waals surface area (Å²) in [5.74, 6) is -0.141. The van der Waals surface area contributed by atoms with E-state index in [1.54, 1.807) is 19.1 Å². The lowest BCUT2D eigenvalue weighted by molar-refractivity contribution is 0.102. The number of nitrogens with one attached hydrogen (secondary N) is 1. The molecule has 0 atom stereocenters. The minimum absolute atomic E-state index is 0.304. The van der Waals surface area contributed by atoms with Crippen molar-refractivity contribution in [2.75, 3.05) is 11.2 Å². The number of carbonyl (C=O) groups is 1. The number of halogens is 2. The van der Waals surface area contributed by atoms with Crippen molar-refractivity contribution in [1.82, 2.24) is 0 Å². The van der Waals surface area contributed by atoms with E-state index < -0.39 is 0 Å². The predicted octanol–water partition coefficient (Wildman–Crippen LogP) is 4.17. The van der Waals surface area contributed by atoms with Gasteiger partial charge in [-0.1, -0.05) is 18.2 Å². The maximum atomic E-state index is 13.4. The van der Waals surface area contributed by atoms with Crippen LogP contribution < -0.4 is 5.32 Å². The molecule has 2 aromatic carbocycles. The largest absolute Gasteiger partial charge is 0.322 e. The Labute approximate surface area is 122 Å². The van der Waals surface area contributed by atoms with E-state index in [-0.39, 0.29) is 11.7 Å². The van der Waals surface area contributed by atoms with Crippen LogP contribution in [0.5, 0.6) is 0 Å². The first-order valence-corrected chi connectivity index (χ1v) is 6.86. The van der Waals surface area contributed by atoms with Crippen molar-refractivity contribution in [3.8, 4) is 0 Å². The SMILES string of the molecule is Cc1ccc(C(=O)Nc2ccc(CCCl)cc2)cc1F. The summed E-state index contributed by atoms with van der Waals surface area (Å²) < 4.78 is 13.4. The second-order valence-corrected chi connectivity index (χ2v) is 4.93. The van der Waals surface area contributed by atoms with Gasteiger partial charge in [-0.3, -0.25) is 4.79 Å². The molecule has 0 unspecified atom stereocenters. The molecule has 0 bridgehead atoms. The summed E-state index contributed by atoms with van der Waals surface area (Å²) in [6.45, 7) is 1.66. The molecule has 2 nitrogen and oxygen atoms in total. The highest BCUT2D eigenvalue weighted by Gasteiger charge is 2.08. The van der Waals surface area contributed by atoms with Gasteiger partial charge in [0.25, 0.3) is 5.91 Å². The van der Waals surface area contributed by atoms with E-state index in [4.69, 9.17) is 11.6 Å². The van der Waals surface area contributed by atoms with Crippen LogP contribution in [0.1, 0.15) is 21.5 Å². The molecule has 0 radical (unpaired) electrons. The summed E-state index contributed by atoms with van der Waals surface area (Å²) in [4.78, 5) is 12.0. The van der Waals surface area contributed by atoms with Gasteiger partial charge in [-0.05, 0) is 48.7 Å². The fraction of sp³-hybridized carbons (Fsp3) is 0.188. The number of alkyl halides is 1. The van der Waals surface area contributed by atoms with Gasteiger partial charge in [-0.15, -0.1) is 11.6 Å². The first kappa shape index (κ1) is 14.5. The van der Waals surface area contributed by atoms with Crippen molar-refractivity contribution in [3.05, 3.63) is 65.0 Å². The molecule has 2 rings (SSSR count). The summed E-state index contributed by atoms with van der Waals surface area (Å²) in [5, 5.41) is 2.74. The summed E-state index contributed by atoms with van der Waals surface area (Å²) in [5.41, 5.74) is 2.61. The van der Waals surface area contributed by atoms with Gasteiger partial charge in [-0.25, -0.2) is 4.39 Å². The van der Waals surface area contributed by atoms with Crippen LogP contribution in [0.15, 0.2) is 42.5 Å². The molecule has 0 spiro atoms. The highest BCUT2D eigenvalue weighted by Crippen LogP contribution is 2.14. The Bertz CT molecular complexity index is 610. The Morgan fingerprint density at radius 1 is 1.20 bits per heavy atom. The van der Waals surface area contributed by atoms with Crippen molar-refractivity contribution in [1.29, 1.82) is 0 Å². The second-order valence-electron chi connectivity index (χ2n) is 4.55. The lowest BCUT2D eigenvalue weighted by atomic mass is 10.1.